The Morgan fingerprint density at radius 2 is 1.70 bits per heavy atom. The van der Waals surface area contributed by atoms with Gasteiger partial charge >= 0.3 is 0 Å². The van der Waals surface area contributed by atoms with E-state index in [-0.39, 0.29) is 11.7 Å². The van der Waals surface area contributed by atoms with E-state index in [0.717, 1.165) is 23.0 Å². The van der Waals surface area contributed by atoms with E-state index in [1.54, 1.807) is 0 Å². The number of hydrogen-bond donors (Lipinski definition) is 0. The maximum Gasteiger partial charge on any atom is 0.170 e. The van der Waals surface area contributed by atoms with E-state index in [4.69, 9.17) is 0 Å². The normalized spacial score (nSPS) is 11.8. The van der Waals surface area contributed by atoms with Gasteiger partial charge in [-0.2, -0.15) is 0 Å². The van der Waals surface area contributed by atoms with E-state index in [2.05, 4.69) is 0 Å². The van der Waals surface area contributed by atoms with Crippen molar-refractivity contribution >= 4 is 12.1 Å². The smallest absolute Gasteiger partial charge is 0.170 e. The van der Waals surface area contributed by atoms with Gasteiger partial charge in [-0.3, -0.25) is 4.79 Å². The quantitative estimate of drug-likeness (QED) is 0.588. The second-order valence-corrected chi connectivity index (χ2v) is 4.86. The number of carbonyl (C=O) groups excluding carboxylic acids is 2. The zero-order valence-electron chi connectivity index (χ0n) is 11.6. The number of hydrogen-bond acceptors (Lipinski definition) is 2. The first-order valence-corrected chi connectivity index (χ1v) is 6.84. The fraction of sp³-hybridized carbons (Fsp3) is 0.222. The molecule has 102 valence electrons. The van der Waals surface area contributed by atoms with Gasteiger partial charge in [0.15, 0.2) is 5.78 Å². The fourth-order valence-corrected chi connectivity index (χ4v) is 2.32. The Bertz CT molecular complexity index is 587. The van der Waals surface area contributed by atoms with E-state index in [1.165, 1.54) is 0 Å². The summed E-state index contributed by atoms with van der Waals surface area (Å²) in [6.45, 7) is 1.92. The van der Waals surface area contributed by atoms with Crippen molar-refractivity contribution in [2.45, 2.75) is 25.7 Å². The van der Waals surface area contributed by atoms with Crippen LogP contribution in [0.4, 0.5) is 0 Å². The first-order valence-electron chi connectivity index (χ1n) is 6.84. The van der Waals surface area contributed by atoms with Gasteiger partial charge in [0.25, 0.3) is 0 Å². The Balaban J connectivity index is 2.27. The first-order chi connectivity index (χ1) is 9.74. The minimum Gasteiger partial charge on any atom is -0.303 e. The van der Waals surface area contributed by atoms with Crippen molar-refractivity contribution < 1.29 is 9.59 Å². The molecule has 2 heteroatoms. The molecule has 0 saturated heterocycles. The molecule has 0 N–H and O–H groups in total. The van der Waals surface area contributed by atoms with Crippen LogP contribution in [0.5, 0.6) is 0 Å². The van der Waals surface area contributed by atoms with Gasteiger partial charge in [-0.05, 0) is 17.5 Å². The third-order valence-corrected chi connectivity index (χ3v) is 3.51. The van der Waals surface area contributed by atoms with E-state index in [9.17, 15) is 9.59 Å². The largest absolute Gasteiger partial charge is 0.303 e. The maximum absolute atomic E-state index is 12.6. The molecule has 0 bridgehead atoms. The molecule has 20 heavy (non-hydrogen) atoms. The molecule has 1 unspecified atom stereocenters. The number of carbonyl (C=O) groups is 2. The fourth-order valence-electron chi connectivity index (χ4n) is 2.32. The molecule has 0 heterocycles. The van der Waals surface area contributed by atoms with Crippen molar-refractivity contribution in [1.82, 2.24) is 0 Å². The molecule has 1 atom stereocenters. The summed E-state index contributed by atoms with van der Waals surface area (Å²) in [5.41, 5.74) is 2.70. The van der Waals surface area contributed by atoms with Crippen LogP contribution in [0.25, 0.3) is 0 Å². The molecule has 2 aromatic rings. The molecule has 0 aliphatic heterocycles. The zero-order chi connectivity index (χ0) is 14.4. The molecule has 0 fully saturated rings. The van der Waals surface area contributed by atoms with Crippen molar-refractivity contribution in [3.8, 4) is 0 Å². The topological polar surface area (TPSA) is 34.1 Å². The maximum atomic E-state index is 12.6. The summed E-state index contributed by atoms with van der Waals surface area (Å²) in [6, 6.07) is 17.3. The number of rotatable bonds is 6. The summed E-state index contributed by atoms with van der Waals surface area (Å²) in [5.74, 6) is -0.0636. The molecule has 0 spiro atoms. The minimum atomic E-state index is -0.173. The van der Waals surface area contributed by atoms with Gasteiger partial charge in [0, 0.05) is 17.9 Å². The summed E-state index contributed by atoms with van der Waals surface area (Å²) in [4.78, 5) is 23.2. The third kappa shape index (κ3) is 3.21. The van der Waals surface area contributed by atoms with Crippen molar-refractivity contribution in [1.29, 1.82) is 0 Å². The minimum absolute atomic E-state index is 0.109. The highest BCUT2D eigenvalue weighted by Gasteiger charge is 2.19. The van der Waals surface area contributed by atoms with Crippen LogP contribution in [0.3, 0.4) is 0 Å². The van der Waals surface area contributed by atoms with Crippen LogP contribution in [0.15, 0.2) is 54.6 Å². The standard InChI is InChI=1S/C18H18O2/c1-14(15-8-3-2-4-9-15)18(20)17-12-6-5-10-16(17)11-7-13-19/h2-6,8-10,12-14H,7,11H2,1H3. The van der Waals surface area contributed by atoms with Crippen molar-refractivity contribution in [3.05, 3.63) is 71.3 Å². The lowest BCUT2D eigenvalue weighted by molar-refractivity contribution is -0.107. The van der Waals surface area contributed by atoms with Crippen LogP contribution in [0.2, 0.25) is 0 Å². The Labute approximate surface area is 119 Å². The number of ketones is 1. The first kappa shape index (κ1) is 14.2. The van der Waals surface area contributed by atoms with Crippen LogP contribution in [0.1, 0.15) is 40.7 Å². The van der Waals surface area contributed by atoms with E-state index in [1.807, 2.05) is 61.5 Å². The van der Waals surface area contributed by atoms with Crippen LogP contribution < -0.4 is 0 Å². The lowest BCUT2D eigenvalue weighted by Crippen LogP contribution is -2.12. The van der Waals surface area contributed by atoms with Gasteiger partial charge < -0.3 is 4.79 Å². The van der Waals surface area contributed by atoms with E-state index in [0.29, 0.717) is 12.8 Å². The predicted molar refractivity (Wildman–Crippen MR) is 80.0 cm³/mol. The van der Waals surface area contributed by atoms with Gasteiger partial charge in [0.1, 0.15) is 6.29 Å². The highest BCUT2D eigenvalue weighted by atomic mass is 16.1. The number of aldehydes is 1. The van der Waals surface area contributed by atoms with Crippen molar-refractivity contribution in [3.63, 3.8) is 0 Å². The SMILES string of the molecule is CC(C(=O)c1ccccc1CCC=O)c1ccccc1. The zero-order valence-corrected chi connectivity index (χ0v) is 11.6. The third-order valence-electron chi connectivity index (χ3n) is 3.51. The summed E-state index contributed by atoms with van der Waals surface area (Å²) >= 11 is 0. The molecule has 0 aromatic heterocycles. The lowest BCUT2D eigenvalue weighted by atomic mass is 9.89. The molecule has 0 aliphatic carbocycles. The molecule has 2 aromatic carbocycles. The second kappa shape index (κ2) is 6.80. The monoisotopic (exact) mass is 266 g/mol. The molecule has 0 amide bonds. The Morgan fingerprint density at radius 1 is 1.05 bits per heavy atom. The van der Waals surface area contributed by atoms with Gasteiger partial charge in [-0.25, -0.2) is 0 Å². The van der Waals surface area contributed by atoms with Gasteiger partial charge in [-0.15, -0.1) is 0 Å². The second-order valence-electron chi connectivity index (χ2n) is 4.86. The van der Waals surface area contributed by atoms with Crippen LogP contribution >= 0.6 is 0 Å². The highest BCUT2D eigenvalue weighted by Crippen LogP contribution is 2.22. The van der Waals surface area contributed by atoms with Crippen LogP contribution in [0, 0.1) is 0 Å². The lowest BCUT2D eigenvalue weighted by Gasteiger charge is -2.13. The number of aryl methyl sites for hydroxylation is 1. The summed E-state index contributed by atoms with van der Waals surface area (Å²) in [5, 5.41) is 0. The molecule has 0 saturated carbocycles. The van der Waals surface area contributed by atoms with E-state index >= 15 is 0 Å². The number of Topliss-reactive ketones (excluding diaryl/α,β-unsaturated/α-hetero) is 1. The summed E-state index contributed by atoms with van der Waals surface area (Å²) in [7, 11) is 0. The summed E-state index contributed by atoms with van der Waals surface area (Å²) < 4.78 is 0. The Morgan fingerprint density at radius 3 is 2.40 bits per heavy atom. The average molecular weight is 266 g/mol. The molecular weight excluding hydrogens is 248 g/mol. The molecule has 2 nitrogen and oxygen atoms in total. The average Bonchev–Trinajstić information content (AvgIpc) is 2.52. The predicted octanol–water partition coefficient (Wildman–Crippen LogP) is 3.80. The molecule has 0 radical (unpaired) electrons. The van der Waals surface area contributed by atoms with Gasteiger partial charge in [0.05, 0.1) is 0 Å². The van der Waals surface area contributed by atoms with E-state index < -0.39 is 0 Å². The van der Waals surface area contributed by atoms with Crippen LogP contribution in [-0.4, -0.2) is 12.1 Å². The van der Waals surface area contributed by atoms with Crippen molar-refractivity contribution in [2.75, 3.05) is 0 Å². The van der Waals surface area contributed by atoms with Gasteiger partial charge in [-0.1, -0.05) is 61.5 Å². The molecule has 2 rings (SSSR count). The molecular formula is C18H18O2. The highest BCUT2D eigenvalue weighted by molar-refractivity contribution is 6.01. The number of benzene rings is 2. The Hall–Kier alpha value is -2.22. The summed E-state index contributed by atoms with van der Waals surface area (Å²) in [6.07, 6.45) is 1.96. The molecule has 0 aliphatic rings. The van der Waals surface area contributed by atoms with Gasteiger partial charge in [0.2, 0.25) is 0 Å². The van der Waals surface area contributed by atoms with Crippen LogP contribution in [-0.2, 0) is 11.2 Å². The van der Waals surface area contributed by atoms with Crippen molar-refractivity contribution in [2.24, 2.45) is 0 Å². The Kier molecular flexibility index (Phi) is 4.83.